The number of ether oxygens (including phenoxy) is 5. The summed E-state index contributed by atoms with van der Waals surface area (Å²) >= 11 is 0. The minimum absolute atomic E-state index is 0.169. The topological polar surface area (TPSA) is 279 Å². The van der Waals surface area contributed by atoms with Crippen molar-refractivity contribution in [1.82, 2.24) is 0 Å². The predicted octanol–water partition coefficient (Wildman–Crippen LogP) is 0.328. The van der Waals surface area contributed by atoms with Crippen LogP contribution in [0.3, 0.4) is 0 Å². The smallest absolute Gasteiger partial charge is 0.310 e. The minimum Gasteiger partial charge on any atom is -0.504 e. The molecule has 3 aromatic carbocycles. The van der Waals surface area contributed by atoms with Crippen molar-refractivity contribution in [2.75, 3.05) is 26.4 Å². The van der Waals surface area contributed by atoms with Crippen molar-refractivity contribution in [2.45, 2.75) is 50.0 Å². The highest BCUT2D eigenvalue weighted by molar-refractivity contribution is 5.75. The summed E-state index contributed by atoms with van der Waals surface area (Å²) < 4.78 is 28.2. The predicted molar refractivity (Wildman–Crippen MR) is 174 cm³/mol. The van der Waals surface area contributed by atoms with E-state index in [9.17, 15) is 60.3 Å². The zero-order valence-corrected chi connectivity index (χ0v) is 27.4. The van der Waals surface area contributed by atoms with Gasteiger partial charge in [-0.15, -0.1) is 0 Å². The van der Waals surface area contributed by atoms with E-state index in [0.29, 0.717) is 0 Å². The molecule has 280 valence electrons. The van der Waals surface area contributed by atoms with Crippen LogP contribution in [-0.2, 0) is 57.3 Å². The van der Waals surface area contributed by atoms with Crippen LogP contribution in [0.1, 0.15) is 16.7 Å². The van der Waals surface area contributed by atoms with Crippen molar-refractivity contribution in [3.05, 3.63) is 82.9 Å². The van der Waals surface area contributed by atoms with Gasteiger partial charge in [0.05, 0.1) is 39.1 Å². The van der Waals surface area contributed by atoms with Gasteiger partial charge in [-0.1, -0.05) is 24.3 Å². The van der Waals surface area contributed by atoms with Gasteiger partial charge >= 0.3 is 17.9 Å². The van der Waals surface area contributed by atoms with Crippen molar-refractivity contribution < 1.29 is 84.0 Å². The number of aliphatic hydroxyl groups excluding tert-OH is 3. The molecule has 0 radical (unpaired) electrons. The molecule has 3 aromatic rings. The second-order valence-electron chi connectivity index (χ2n) is 11.6. The third-order valence-corrected chi connectivity index (χ3v) is 7.74. The second-order valence-corrected chi connectivity index (χ2v) is 11.6. The number of carbonyl (C=O) groups is 3. The molecule has 9 N–H and O–H groups in total. The highest BCUT2D eigenvalue weighted by Crippen LogP contribution is 2.31. The largest absolute Gasteiger partial charge is 0.504 e. The van der Waals surface area contributed by atoms with Crippen LogP contribution in [0, 0.1) is 0 Å². The lowest BCUT2D eigenvalue weighted by Gasteiger charge is -2.43. The van der Waals surface area contributed by atoms with Crippen molar-refractivity contribution >= 4 is 17.9 Å². The van der Waals surface area contributed by atoms with Gasteiger partial charge in [0, 0.05) is 0 Å². The number of aliphatic hydroxyl groups is 3. The van der Waals surface area contributed by atoms with E-state index >= 15 is 0 Å². The summed E-state index contributed by atoms with van der Waals surface area (Å²) in [5.41, 5.74) is 0.848. The van der Waals surface area contributed by atoms with Gasteiger partial charge < -0.3 is 69.6 Å². The van der Waals surface area contributed by atoms with Gasteiger partial charge in [0.15, 0.2) is 53.0 Å². The lowest BCUT2D eigenvalue weighted by Crippen LogP contribution is -2.62. The van der Waals surface area contributed by atoms with E-state index in [4.69, 9.17) is 23.7 Å². The summed E-state index contributed by atoms with van der Waals surface area (Å²) in [6.07, 6.45) is -8.58. The van der Waals surface area contributed by atoms with Gasteiger partial charge in [0.25, 0.3) is 0 Å². The fourth-order valence-electron chi connectivity index (χ4n) is 5.06. The number of aromatic hydroxyl groups is 6. The molecule has 0 bridgehead atoms. The molecule has 52 heavy (non-hydrogen) atoms. The fraction of sp³-hybridized carbons (Fsp3) is 0.343. The number of hydrogen-bond donors (Lipinski definition) is 9. The molecule has 5 unspecified atom stereocenters. The van der Waals surface area contributed by atoms with Gasteiger partial charge in [-0.3, -0.25) is 14.4 Å². The molecule has 1 heterocycles. The average molecular weight is 731 g/mol. The third kappa shape index (κ3) is 10.7. The number of esters is 3. The maximum atomic E-state index is 13.2. The summed E-state index contributed by atoms with van der Waals surface area (Å²) in [5, 5.41) is 88.7. The number of benzene rings is 3. The monoisotopic (exact) mass is 730 g/mol. The summed E-state index contributed by atoms with van der Waals surface area (Å²) in [6, 6.07) is 10.8. The van der Waals surface area contributed by atoms with Gasteiger partial charge in [0.2, 0.25) is 0 Å². The first-order valence-electron chi connectivity index (χ1n) is 15.7. The van der Waals surface area contributed by atoms with Crippen LogP contribution in [0.4, 0.5) is 0 Å². The molecule has 17 heteroatoms. The van der Waals surface area contributed by atoms with Crippen LogP contribution in [0.15, 0.2) is 66.2 Å². The number of carbonyl (C=O) groups excluding carboxylic acids is 3. The zero-order chi connectivity index (χ0) is 37.9. The Kier molecular flexibility index (Phi) is 13.6. The van der Waals surface area contributed by atoms with E-state index in [2.05, 4.69) is 0 Å². The van der Waals surface area contributed by atoms with Gasteiger partial charge in [-0.05, 0) is 58.7 Å². The van der Waals surface area contributed by atoms with Crippen molar-refractivity contribution in [2.24, 2.45) is 0 Å². The molecule has 1 aliphatic heterocycles. The number of hydrogen-bond acceptors (Lipinski definition) is 17. The van der Waals surface area contributed by atoms with Crippen molar-refractivity contribution in [3.63, 3.8) is 0 Å². The number of phenolic OH excluding ortho intramolecular Hbond substituents is 6. The Bertz CT molecular complexity index is 1760. The molecule has 1 fully saturated rings. The Morgan fingerprint density at radius 1 is 0.654 bits per heavy atom. The van der Waals surface area contributed by atoms with Crippen LogP contribution in [0.2, 0.25) is 0 Å². The highest BCUT2D eigenvalue weighted by Gasteiger charge is 2.51. The summed E-state index contributed by atoms with van der Waals surface area (Å²) in [4.78, 5) is 39.1. The minimum atomic E-state index is -1.84. The Morgan fingerprint density at radius 2 is 1.12 bits per heavy atom. The van der Waals surface area contributed by atoms with Crippen molar-refractivity contribution in [1.29, 1.82) is 0 Å². The van der Waals surface area contributed by atoms with Gasteiger partial charge in [0.1, 0.15) is 18.8 Å². The molecule has 0 saturated carbocycles. The Balaban J connectivity index is 1.60. The first-order valence-corrected chi connectivity index (χ1v) is 15.7. The first-order chi connectivity index (χ1) is 24.8. The van der Waals surface area contributed by atoms with E-state index in [1.165, 1.54) is 30.3 Å². The summed E-state index contributed by atoms with van der Waals surface area (Å²) in [7, 11) is 0. The molecule has 0 aliphatic carbocycles. The normalized spacial score (nSPS) is 20.2. The molecule has 5 atom stereocenters. The lowest BCUT2D eigenvalue weighted by atomic mass is 9.98. The van der Waals surface area contributed by atoms with E-state index in [0.717, 1.165) is 30.3 Å². The summed E-state index contributed by atoms with van der Waals surface area (Å²) in [6.45, 7) is -2.10. The molecule has 0 spiro atoms. The zero-order valence-electron chi connectivity index (χ0n) is 27.4. The van der Waals surface area contributed by atoms with E-state index < -0.39 is 122 Å². The quantitative estimate of drug-likeness (QED) is 0.0441. The van der Waals surface area contributed by atoms with Crippen molar-refractivity contribution in [3.8, 4) is 34.5 Å². The SMILES string of the molecule is O=C(Cc1ccc(O)c(O)c1)OCC1OC(OCC(=CCO)CO)C(OC(=O)Cc2ccc(O)c(O)c2)C(OC(=O)Cc2ccc(O)c(O)c2)C1O. The highest BCUT2D eigenvalue weighted by atomic mass is 16.7. The average Bonchev–Trinajstić information content (AvgIpc) is 3.09. The Morgan fingerprint density at radius 3 is 1.56 bits per heavy atom. The number of rotatable bonds is 15. The second kappa shape index (κ2) is 18.1. The Hall–Kier alpha value is -5.59. The molecule has 1 aliphatic rings. The van der Waals surface area contributed by atoms with Crippen LogP contribution in [-0.4, -0.2) is 121 Å². The van der Waals surface area contributed by atoms with E-state index in [1.807, 2.05) is 0 Å². The van der Waals surface area contributed by atoms with Crippen LogP contribution >= 0.6 is 0 Å². The standard InChI is InChI=1S/C35H38O17/c36-8-7-21(15-37)16-49-35-34(52-31(46)14-20-3-6-24(40)27(43)11-20)33(51-30(45)13-19-2-5-23(39)26(42)10-19)32(47)28(50-35)17-48-29(44)12-18-1-4-22(38)25(41)9-18/h1-7,9-11,28,32-43,47H,8,12-17H2. The molecule has 4 rings (SSSR count). The fourth-order valence-corrected chi connectivity index (χ4v) is 5.06. The third-order valence-electron chi connectivity index (χ3n) is 7.74. The molecular formula is C35H38O17. The van der Waals surface area contributed by atoms with Gasteiger partial charge in [-0.2, -0.15) is 0 Å². The maximum Gasteiger partial charge on any atom is 0.310 e. The van der Waals surface area contributed by atoms with E-state index in [-0.39, 0.29) is 28.7 Å². The number of phenols is 6. The molecule has 0 aromatic heterocycles. The Labute approximate surface area is 295 Å². The lowest BCUT2D eigenvalue weighted by molar-refractivity contribution is -0.305. The van der Waals surface area contributed by atoms with Crippen LogP contribution in [0.25, 0.3) is 0 Å². The first kappa shape index (κ1) is 39.2. The van der Waals surface area contributed by atoms with E-state index in [1.54, 1.807) is 0 Å². The molecular weight excluding hydrogens is 692 g/mol. The van der Waals surface area contributed by atoms with Crippen LogP contribution in [0.5, 0.6) is 34.5 Å². The molecule has 17 nitrogen and oxygen atoms in total. The maximum absolute atomic E-state index is 13.2. The summed E-state index contributed by atoms with van der Waals surface area (Å²) in [5.74, 6) is -5.62. The molecule has 1 saturated heterocycles. The van der Waals surface area contributed by atoms with Crippen LogP contribution < -0.4 is 0 Å². The molecule has 0 amide bonds. The van der Waals surface area contributed by atoms with Gasteiger partial charge in [-0.25, -0.2) is 0 Å².